The van der Waals surface area contributed by atoms with E-state index in [1.54, 1.807) is 18.3 Å². The van der Waals surface area contributed by atoms with Crippen molar-refractivity contribution in [1.82, 2.24) is 0 Å². The molecule has 0 spiro atoms. The lowest BCUT2D eigenvalue weighted by atomic mass is 9.73. The first-order valence-electron chi connectivity index (χ1n) is 13.0. The zero-order valence-electron chi connectivity index (χ0n) is 23.2. The molecule has 1 heterocycles. The number of carbonyl (C=O) groups excluding carboxylic acids is 2. The lowest BCUT2D eigenvalue weighted by Crippen LogP contribution is -2.40. The number of halogens is 7. The number of carbonyl (C=O) groups is 2. The van der Waals surface area contributed by atoms with Crippen LogP contribution in [0.25, 0.3) is 0 Å². The van der Waals surface area contributed by atoms with Gasteiger partial charge in [0.1, 0.15) is 11.3 Å². The Morgan fingerprint density at radius 2 is 1.61 bits per heavy atom. The molecule has 7 nitrogen and oxygen atoms in total. The number of benzene rings is 1. The molecule has 0 aliphatic carbocycles. The van der Waals surface area contributed by atoms with E-state index >= 15 is 0 Å². The second-order valence-corrected chi connectivity index (χ2v) is 10.1. The Kier molecular flexibility index (Phi) is 11.7. The Morgan fingerprint density at radius 3 is 2.12 bits per heavy atom. The number of rotatable bonds is 12. The molecule has 1 aromatic carbocycles. The minimum Gasteiger partial charge on any atom is -0.463 e. The van der Waals surface area contributed by atoms with E-state index in [0.717, 1.165) is 13.8 Å². The molecular weight excluding hydrogens is 565 g/mol. The van der Waals surface area contributed by atoms with Crippen LogP contribution in [0.1, 0.15) is 71.8 Å². The Morgan fingerprint density at radius 1 is 1.02 bits per heavy atom. The third-order valence-electron chi connectivity index (χ3n) is 6.50. The Hall–Kier alpha value is -3.16. The molecule has 41 heavy (non-hydrogen) atoms. The van der Waals surface area contributed by atoms with E-state index in [0.29, 0.717) is 57.5 Å². The van der Waals surface area contributed by atoms with Crippen LogP contribution >= 0.6 is 0 Å². The maximum atomic E-state index is 14.3. The van der Waals surface area contributed by atoms with Gasteiger partial charge in [0.25, 0.3) is 5.91 Å². The van der Waals surface area contributed by atoms with Gasteiger partial charge in [-0.1, -0.05) is 24.6 Å². The number of nitrogens with zero attached hydrogens (tertiary/aromatic N) is 1. The van der Waals surface area contributed by atoms with Gasteiger partial charge in [0.05, 0.1) is 12.3 Å². The van der Waals surface area contributed by atoms with Crippen molar-refractivity contribution in [3.05, 3.63) is 41.0 Å². The smallest absolute Gasteiger partial charge is 0.422 e. The van der Waals surface area contributed by atoms with Crippen molar-refractivity contribution in [2.24, 2.45) is 10.6 Å². The number of ether oxygens (including phenoxy) is 2. The van der Waals surface area contributed by atoms with Gasteiger partial charge in [-0.3, -0.25) is 4.79 Å². The minimum absolute atomic E-state index is 0.234. The van der Waals surface area contributed by atoms with Crippen LogP contribution in [0.2, 0.25) is 0 Å². The second-order valence-electron chi connectivity index (χ2n) is 10.1. The molecule has 1 amide bonds. The largest absolute Gasteiger partial charge is 0.463 e. The molecule has 1 N–H and O–H groups in total. The van der Waals surface area contributed by atoms with Crippen molar-refractivity contribution in [3.63, 3.8) is 0 Å². The van der Waals surface area contributed by atoms with Crippen molar-refractivity contribution in [1.29, 1.82) is 0 Å². The fraction of sp³-hybridized carbons (Fsp3) is 0.593. The summed E-state index contributed by atoms with van der Waals surface area (Å²) in [6, 6.07) is 0. The monoisotopic (exact) mass is 598 g/mol. The van der Waals surface area contributed by atoms with Crippen molar-refractivity contribution in [2.75, 3.05) is 25.1 Å². The van der Waals surface area contributed by atoms with Crippen LogP contribution in [-0.2, 0) is 30.1 Å². The summed E-state index contributed by atoms with van der Waals surface area (Å²) >= 11 is 0. The van der Waals surface area contributed by atoms with Crippen LogP contribution in [0.5, 0.6) is 0 Å². The van der Waals surface area contributed by atoms with E-state index < -0.39 is 58.2 Å². The van der Waals surface area contributed by atoms with Gasteiger partial charge in [-0.2, -0.15) is 13.2 Å². The molecule has 1 aromatic rings. The number of allylic oxidation sites excluding steroid dienone is 1. The summed E-state index contributed by atoms with van der Waals surface area (Å²) in [6.07, 6.45) is 0.567. The third kappa shape index (κ3) is 8.91. The molecule has 0 bridgehead atoms. The Bertz CT molecular complexity index is 1130. The van der Waals surface area contributed by atoms with E-state index in [1.807, 2.05) is 6.92 Å². The van der Waals surface area contributed by atoms with Gasteiger partial charge in [-0.05, 0) is 58.3 Å². The van der Waals surface area contributed by atoms with Crippen molar-refractivity contribution in [3.8, 4) is 0 Å². The molecule has 2 rings (SSSR count). The summed E-state index contributed by atoms with van der Waals surface area (Å²) in [5, 5.41) is 5.67. The highest BCUT2D eigenvalue weighted by Gasteiger charge is 2.43. The van der Waals surface area contributed by atoms with Crippen LogP contribution in [0.15, 0.2) is 17.3 Å². The van der Waals surface area contributed by atoms with Crippen LogP contribution in [0.3, 0.4) is 0 Å². The molecule has 1 aliphatic heterocycles. The molecule has 14 heteroatoms. The van der Waals surface area contributed by atoms with Gasteiger partial charge in [0, 0.05) is 19.3 Å². The van der Waals surface area contributed by atoms with Crippen LogP contribution < -0.4 is 5.32 Å². The number of oxime groups is 1. The Balaban J connectivity index is 2.26. The lowest BCUT2D eigenvalue weighted by Gasteiger charge is -2.37. The number of nitrogens with one attached hydrogen (secondary N) is 1. The van der Waals surface area contributed by atoms with E-state index in [9.17, 15) is 40.3 Å². The molecule has 0 atom stereocenters. The summed E-state index contributed by atoms with van der Waals surface area (Å²) in [7, 11) is 0. The van der Waals surface area contributed by atoms with Gasteiger partial charge in [-0.25, -0.2) is 22.4 Å². The first kappa shape index (κ1) is 34.0. The first-order valence-corrected chi connectivity index (χ1v) is 13.0. The van der Waals surface area contributed by atoms with E-state index in [-0.39, 0.29) is 12.0 Å². The van der Waals surface area contributed by atoms with E-state index in [4.69, 9.17) is 14.3 Å². The maximum absolute atomic E-state index is 14.3. The number of alkyl halides is 3. The van der Waals surface area contributed by atoms with E-state index in [1.165, 1.54) is 6.08 Å². The first-order chi connectivity index (χ1) is 19.1. The highest BCUT2D eigenvalue weighted by atomic mass is 19.4. The quantitative estimate of drug-likeness (QED) is 0.0711. The molecule has 1 fully saturated rings. The third-order valence-corrected chi connectivity index (χ3v) is 6.50. The normalized spacial score (nSPS) is 16.1. The topological polar surface area (TPSA) is 86.2 Å². The molecule has 0 saturated carbocycles. The van der Waals surface area contributed by atoms with Gasteiger partial charge in [-0.15, -0.1) is 0 Å². The van der Waals surface area contributed by atoms with Crippen LogP contribution in [0, 0.1) is 28.7 Å². The van der Waals surface area contributed by atoms with Gasteiger partial charge in [0.15, 0.2) is 23.3 Å². The SMILES string of the molecule is CCC/C(CC1(C/C=C/C(=O)OCC)CCOCC1)=N\OC(C)(C)C(=O)Nc1c(F)c(F)c(C(F)(F)F)c(F)c1F. The van der Waals surface area contributed by atoms with Crippen LogP contribution in [-0.4, -0.2) is 43.0 Å². The predicted octanol–water partition coefficient (Wildman–Crippen LogP) is 6.85. The average Bonchev–Trinajstić information content (AvgIpc) is 2.88. The lowest BCUT2D eigenvalue weighted by molar-refractivity contribution is -0.143. The molecular formula is C27H33F7N2O5. The summed E-state index contributed by atoms with van der Waals surface area (Å²) in [5.74, 6) is -12.1. The highest BCUT2D eigenvalue weighted by molar-refractivity contribution is 5.97. The van der Waals surface area contributed by atoms with Crippen molar-refractivity contribution < 1.29 is 54.6 Å². The summed E-state index contributed by atoms with van der Waals surface area (Å²) in [5.41, 5.74) is -6.29. The van der Waals surface area contributed by atoms with E-state index in [2.05, 4.69) is 5.16 Å². The number of anilines is 1. The standard InChI is InChI=1S/C27H33F7N2O5/c1-5-8-16(15-26(11-13-39-14-12-26)10-7-9-17(37)40-6-2)36-41-25(3,4)24(38)35-23-21(30)19(28)18(27(32,33)34)20(29)22(23)31/h7,9H,5-6,8,10-15H2,1-4H3,(H,35,38)/b9-7+,36-16+. The van der Waals surface area contributed by atoms with Crippen molar-refractivity contribution >= 4 is 23.3 Å². The molecule has 1 saturated heterocycles. The fourth-order valence-corrected chi connectivity index (χ4v) is 4.22. The number of hydrogen-bond acceptors (Lipinski definition) is 6. The molecule has 0 aromatic heterocycles. The fourth-order valence-electron chi connectivity index (χ4n) is 4.22. The summed E-state index contributed by atoms with van der Waals surface area (Å²) in [4.78, 5) is 29.9. The minimum atomic E-state index is -5.72. The number of hydrogen-bond donors (Lipinski definition) is 1. The summed E-state index contributed by atoms with van der Waals surface area (Å²) in [6.45, 7) is 7.04. The zero-order chi connectivity index (χ0) is 31.0. The maximum Gasteiger partial charge on any atom is 0.422 e. The average molecular weight is 599 g/mol. The van der Waals surface area contributed by atoms with Gasteiger partial charge in [0.2, 0.25) is 5.60 Å². The predicted molar refractivity (Wildman–Crippen MR) is 135 cm³/mol. The zero-order valence-corrected chi connectivity index (χ0v) is 23.2. The highest BCUT2D eigenvalue weighted by Crippen LogP contribution is 2.40. The van der Waals surface area contributed by atoms with Crippen molar-refractivity contribution in [2.45, 2.75) is 78.0 Å². The number of amides is 1. The van der Waals surface area contributed by atoms with Crippen LogP contribution in [0.4, 0.5) is 36.4 Å². The molecule has 230 valence electrons. The Labute approximate surface area is 233 Å². The van der Waals surface area contributed by atoms with Gasteiger partial charge < -0.3 is 19.6 Å². The summed E-state index contributed by atoms with van der Waals surface area (Å²) < 4.78 is 105. The molecule has 0 unspecified atom stereocenters. The second kappa shape index (κ2) is 14.1. The molecule has 0 radical (unpaired) electrons. The molecule has 1 aliphatic rings. The number of esters is 1. The van der Waals surface area contributed by atoms with Gasteiger partial charge >= 0.3 is 12.1 Å².